The molecule has 0 unspecified atom stereocenters. The highest BCUT2D eigenvalue weighted by molar-refractivity contribution is 9.10. The molecule has 1 aromatic heterocycles. The second-order valence-corrected chi connectivity index (χ2v) is 5.36. The van der Waals surface area contributed by atoms with Crippen LogP contribution in [0.3, 0.4) is 0 Å². The van der Waals surface area contributed by atoms with Gasteiger partial charge in [-0.25, -0.2) is 4.98 Å². The van der Waals surface area contributed by atoms with Crippen molar-refractivity contribution < 1.29 is 9.53 Å². The van der Waals surface area contributed by atoms with Gasteiger partial charge in [-0.3, -0.25) is 4.79 Å². The SMILES string of the molecule is COc1ncccc1C(=O)Nc1cc(Cl)c(C)cc1Br. The Kier molecular flexibility index (Phi) is 4.62. The number of methoxy groups -OCH3 is 1. The molecule has 20 heavy (non-hydrogen) atoms. The summed E-state index contributed by atoms with van der Waals surface area (Å²) in [6, 6.07) is 6.86. The largest absolute Gasteiger partial charge is 0.480 e. The second-order valence-electron chi connectivity index (χ2n) is 4.10. The molecule has 0 aliphatic carbocycles. The summed E-state index contributed by atoms with van der Waals surface area (Å²) in [7, 11) is 1.47. The summed E-state index contributed by atoms with van der Waals surface area (Å²) in [5.74, 6) is -0.0325. The van der Waals surface area contributed by atoms with Crippen LogP contribution in [-0.4, -0.2) is 18.0 Å². The number of halogens is 2. The number of ether oxygens (including phenoxy) is 1. The van der Waals surface area contributed by atoms with Gasteiger partial charge in [0.1, 0.15) is 5.56 Å². The van der Waals surface area contributed by atoms with Crippen LogP contribution in [0.4, 0.5) is 5.69 Å². The van der Waals surface area contributed by atoms with E-state index in [9.17, 15) is 4.79 Å². The Hall–Kier alpha value is -1.59. The predicted molar refractivity (Wildman–Crippen MR) is 82.6 cm³/mol. The molecule has 0 aliphatic rings. The maximum absolute atomic E-state index is 12.2. The third kappa shape index (κ3) is 3.11. The van der Waals surface area contributed by atoms with Crippen LogP contribution in [0.5, 0.6) is 5.88 Å². The van der Waals surface area contributed by atoms with Crippen molar-refractivity contribution >= 4 is 39.1 Å². The third-order valence-corrected chi connectivity index (χ3v) is 3.77. The lowest BCUT2D eigenvalue weighted by atomic mass is 10.2. The van der Waals surface area contributed by atoms with E-state index in [1.54, 1.807) is 24.4 Å². The zero-order valence-electron chi connectivity index (χ0n) is 10.9. The molecular formula is C14H12BrClN2O2. The number of benzene rings is 1. The topological polar surface area (TPSA) is 51.2 Å². The van der Waals surface area contributed by atoms with E-state index in [2.05, 4.69) is 26.2 Å². The molecule has 0 atom stereocenters. The molecule has 0 radical (unpaired) electrons. The highest BCUT2D eigenvalue weighted by Gasteiger charge is 2.14. The van der Waals surface area contributed by atoms with Crippen LogP contribution in [0.15, 0.2) is 34.9 Å². The maximum atomic E-state index is 12.2. The Labute approximate surface area is 130 Å². The summed E-state index contributed by atoms with van der Waals surface area (Å²) >= 11 is 9.46. The van der Waals surface area contributed by atoms with E-state index >= 15 is 0 Å². The number of nitrogens with zero attached hydrogens (tertiary/aromatic N) is 1. The van der Waals surface area contributed by atoms with E-state index in [1.165, 1.54) is 7.11 Å². The Balaban J connectivity index is 2.30. The first-order valence-corrected chi connectivity index (χ1v) is 6.96. The van der Waals surface area contributed by atoms with Crippen molar-refractivity contribution in [3.8, 4) is 5.88 Å². The monoisotopic (exact) mass is 354 g/mol. The summed E-state index contributed by atoms with van der Waals surface area (Å²) in [5.41, 5.74) is 1.88. The van der Waals surface area contributed by atoms with E-state index in [-0.39, 0.29) is 11.8 Å². The van der Waals surface area contributed by atoms with Gasteiger partial charge in [0.05, 0.1) is 12.8 Å². The normalized spacial score (nSPS) is 10.2. The first kappa shape index (κ1) is 14.8. The van der Waals surface area contributed by atoms with Crippen LogP contribution in [0.25, 0.3) is 0 Å². The Morgan fingerprint density at radius 1 is 1.45 bits per heavy atom. The van der Waals surface area contributed by atoms with E-state index in [0.717, 1.165) is 10.0 Å². The second kappa shape index (κ2) is 6.24. The number of rotatable bonds is 3. The third-order valence-electron chi connectivity index (χ3n) is 2.71. The first-order valence-electron chi connectivity index (χ1n) is 5.79. The van der Waals surface area contributed by atoms with E-state index < -0.39 is 0 Å². The van der Waals surface area contributed by atoms with Gasteiger partial charge in [0, 0.05) is 15.7 Å². The fourth-order valence-corrected chi connectivity index (χ4v) is 2.38. The van der Waals surface area contributed by atoms with Gasteiger partial charge in [-0.2, -0.15) is 0 Å². The minimum Gasteiger partial charge on any atom is -0.480 e. The van der Waals surface area contributed by atoms with Crippen LogP contribution in [0.1, 0.15) is 15.9 Å². The first-order chi connectivity index (χ1) is 9.52. The van der Waals surface area contributed by atoms with Crippen molar-refractivity contribution in [1.82, 2.24) is 4.98 Å². The molecule has 1 N–H and O–H groups in total. The molecule has 6 heteroatoms. The van der Waals surface area contributed by atoms with Gasteiger partial charge in [-0.15, -0.1) is 0 Å². The average Bonchev–Trinajstić information content (AvgIpc) is 2.44. The van der Waals surface area contributed by atoms with Gasteiger partial charge < -0.3 is 10.1 Å². The zero-order valence-corrected chi connectivity index (χ0v) is 13.2. The summed E-state index contributed by atoms with van der Waals surface area (Å²) in [6.07, 6.45) is 1.56. The Morgan fingerprint density at radius 3 is 2.90 bits per heavy atom. The molecule has 0 saturated carbocycles. The number of aryl methyl sites for hydroxylation is 1. The van der Waals surface area contributed by atoms with Crippen LogP contribution < -0.4 is 10.1 Å². The lowest BCUT2D eigenvalue weighted by Crippen LogP contribution is -2.14. The fraction of sp³-hybridized carbons (Fsp3) is 0.143. The van der Waals surface area contributed by atoms with E-state index in [1.807, 2.05) is 13.0 Å². The summed E-state index contributed by atoms with van der Waals surface area (Å²) in [5, 5.41) is 3.36. The lowest BCUT2D eigenvalue weighted by Gasteiger charge is -2.11. The molecular weight excluding hydrogens is 344 g/mol. The maximum Gasteiger partial charge on any atom is 0.261 e. The highest BCUT2D eigenvalue weighted by Crippen LogP contribution is 2.30. The molecule has 4 nitrogen and oxygen atoms in total. The molecule has 1 amide bonds. The van der Waals surface area contributed by atoms with Gasteiger partial charge in [-0.05, 0) is 52.7 Å². The molecule has 2 aromatic rings. The lowest BCUT2D eigenvalue weighted by molar-refractivity contribution is 0.102. The number of hydrogen-bond donors (Lipinski definition) is 1. The molecule has 0 saturated heterocycles. The van der Waals surface area contributed by atoms with Gasteiger partial charge >= 0.3 is 0 Å². The molecule has 1 aromatic carbocycles. The van der Waals surface area contributed by atoms with Crippen molar-refractivity contribution in [1.29, 1.82) is 0 Å². The standard InChI is InChI=1S/C14H12BrClN2O2/c1-8-6-10(15)12(7-11(8)16)18-13(19)9-4-3-5-17-14(9)20-2/h3-7H,1-2H3,(H,18,19). The van der Waals surface area contributed by atoms with Crippen LogP contribution in [0, 0.1) is 6.92 Å². The Bertz CT molecular complexity index is 662. The molecule has 1 heterocycles. The molecule has 2 rings (SSSR count). The number of hydrogen-bond acceptors (Lipinski definition) is 3. The summed E-state index contributed by atoms with van der Waals surface area (Å²) < 4.78 is 5.83. The quantitative estimate of drug-likeness (QED) is 0.903. The number of nitrogens with one attached hydrogen (secondary N) is 1. The minimum absolute atomic E-state index is 0.277. The van der Waals surface area contributed by atoms with Gasteiger partial charge in [-0.1, -0.05) is 11.6 Å². The predicted octanol–water partition coefficient (Wildman–Crippen LogP) is 4.07. The van der Waals surface area contributed by atoms with E-state index in [4.69, 9.17) is 16.3 Å². The summed E-state index contributed by atoms with van der Waals surface area (Å²) in [6.45, 7) is 1.89. The van der Waals surface area contributed by atoms with Gasteiger partial charge in [0.25, 0.3) is 5.91 Å². The number of pyridine rings is 1. The smallest absolute Gasteiger partial charge is 0.261 e. The van der Waals surface area contributed by atoms with Crippen molar-refractivity contribution in [2.24, 2.45) is 0 Å². The van der Waals surface area contributed by atoms with Crippen LogP contribution in [-0.2, 0) is 0 Å². The number of carbonyl (C=O) groups is 1. The van der Waals surface area contributed by atoms with Crippen molar-refractivity contribution in [3.63, 3.8) is 0 Å². The fourth-order valence-electron chi connectivity index (χ4n) is 1.66. The molecule has 0 spiro atoms. The minimum atomic E-state index is -0.310. The van der Waals surface area contributed by atoms with Crippen molar-refractivity contribution in [2.45, 2.75) is 6.92 Å². The average molecular weight is 356 g/mol. The number of carbonyl (C=O) groups excluding carboxylic acids is 1. The number of amides is 1. The molecule has 0 aliphatic heterocycles. The van der Waals surface area contributed by atoms with Gasteiger partial charge in [0.15, 0.2) is 0 Å². The van der Waals surface area contributed by atoms with Crippen molar-refractivity contribution in [2.75, 3.05) is 12.4 Å². The van der Waals surface area contributed by atoms with E-state index in [0.29, 0.717) is 16.3 Å². The summed E-state index contributed by atoms with van der Waals surface area (Å²) in [4.78, 5) is 16.2. The van der Waals surface area contributed by atoms with Crippen LogP contribution in [0.2, 0.25) is 5.02 Å². The highest BCUT2D eigenvalue weighted by atomic mass is 79.9. The van der Waals surface area contributed by atoms with Crippen LogP contribution >= 0.6 is 27.5 Å². The zero-order chi connectivity index (χ0) is 14.7. The van der Waals surface area contributed by atoms with Crippen molar-refractivity contribution in [3.05, 3.63) is 51.1 Å². The Morgan fingerprint density at radius 2 is 2.20 bits per heavy atom. The number of aromatic nitrogens is 1. The molecule has 104 valence electrons. The molecule has 0 fully saturated rings. The molecule has 0 bridgehead atoms. The van der Waals surface area contributed by atoms with Gasteiger partial charge in [0.2, 0.25) is 5.88 Å². The number of anilines is 1.